The number of phenolic OH excluding ortho intramolecular Hbond substituents is 1. The van der Waals surface area contributed by atoms with E-state index in [1.807, 2.05) is 64.1 Å². The monoisotopic (exact) mass is 585 g/mol. The van der Waals surface area contributed by atoms with Crippen molar-refractivity contribution in [3.05, 3.63) is 94.0 Å². The van der Waals surface area contributed by atoms with Gasteiger partial charge < -0.3 is 25.4 Å². The third-order valence-corrected chi connectivity index (χ3v) is 7.66. The van der Waals surface area contributed by atoms with Crippen LogP contribution in [0.1, 0.15) is 73.0 Å². The Morgan fingerprint density at radius 1 is 0.907 bits per heavy atom. The summed E-state index contributed by atoms with van der Waals surface area (Å²) in [5, 5.41) is 15.7. The quantitative estimate of drug-likeness (QED) is 0.268. The lowest BCUT2D eigenvalue weighted by molar-refractivity contribution is -0.141. The molecule has 3 aromatic carbocycles. The normalized spacial score (nSPS) is 14.4. The van der Waals surface area contributed by atoms with Gasteiger partial charge in [0.1, 0.15) is 23.4 Å². The molecule has 0 radical (unpaired) electrons. The van der Waals surface area contributed by atoms with Gasteiger partial charge in [0.25, 0.3) is 5.91 Å². The Hall–Kier alpha value is -4.33. The van der Waals surface area contributed by atoms with Gasteiger partial charge in [-0.3, -0.25) is 9.59 Å². The van der Waals surface area contributed by atoms with Crippen molar-refractivity contribution in [2.24, 2.45) is 0 Å². The largest absolute Gasteiger partial charge is 0.508 e. The molecule has 2 unspecified atom stereocenters. The van der Waals surface area contributed by atoms with Crippen LogP contribution >= 0.6 is 0 Å². The van der Waals surface area contributed by atoms with Crippen LogP contribution in [-0.2, 0) is 20.7 Å². The van der Waals surface area contributed by atoms with E-state index in [0.717, 1.165) is 46.3 Å². The number of carbonyl (C=O) groups excluding carboxylic acids is 3. The molecule has 1 fully saturated rings. The van der Waals surface area contributed by atoms with E-state index in [4.69, 9.17) is 4.74 Å². The molecule has 228 valence electrons. The summed E-state index contributed by atoms with van der Waals surface area (Å²) in [5.41, 5.74) is 5.34. The van der Waals surface area contributed by atoms with Crippen molar-refractivity contribution in [2.75, 3.05) is 5.32 Å². The minimum absolute atomic E-state index is 0.101. The van der Waals surface area contributed by atoms with E-state index in [-0.39, 0.29) is 30.0 Å². The first kappa shape index (κ1) is 31.6. The molecule has 43 heavy (non-hydrogen) atoms. The lowest BCUT2D eigenvalue weighted by Gasteiger charge is -2.35. The highest BCUT2D eigenvalue weighted by molar-refractivity contribution is 6.00. The Morgan fingerprint density at radius 2 is 1.53 bits per heavy atom. The molecule has 1 saturated carbocycles. The molecule has 0 aromatic heterocycles. The maximum absolute atomic E-state index is 14.6. The summed E-state index contributed by atoms with van der Waals surface area (Å²) in [6, 6.07) is 16.0. The standard InChI is InChI=1S/C35H43N3O5/c1-21-11-14-26(19-24(21)4)31(32(40)37-30-22(2)9-8-10-23(30)3)38(27-15-16-27)33(41)29(36-34(42)43-35(5,6)7)20-25-12-17-28(39)18-13-25/h8-14,17-19,27,29,31,39H,15-16,20H2,1-7H3,(H,36,42)(H,37,40). The zero-order valence-corrected chi connectivity index (χ0v) is 26.2. The number of aromatic hydroxyl groups is 1. The second-order valence-electron chi connectivity index (χ2n) is 12.5. The molecular weight excluding hydrogens is 542 g/mol. The molecule has 3 N–H and O–H groups in total. The van der Waals surface area contributed by atoms with Gasteiger partial charge in [-0.05, 0) is 107 Å². The van der Waals surface area contributed by atoms with E-state index in [1.165, 1.54) is 0 Å². The van der Waals surface area contributed by atoms with Gasteiger partial charge in [-0.25, -0.2) is 4.79 Å². The molecule has 8 heteroatoms. The molecule has 0 aliphatic heterocycles. The van der Waals surface area contributed by atoms with Crippen LogP contribution in [0.2, 0.25) is 0 Å². The van der Waals surface area contributed by atoms with Gasteiger partial charge in [0.05, 0.1) is 0 Å². The summed E-state index contributed by atoms with van der Waals surface area (Å²) in [7, 11) is 0. The van der Waals surface area contributed by atoms with Gasteiger partial charge >= 0.3 is 6.09 Å². The molecule has 2 atom stereocenters. The van der Waals surface area contributed by atoms with Crippen molar-refractivity contribution in [2.45, 2.75) is 91.5 Å². The average molecular weight is 586 g/mol. The van der Waals surface area contributed by atoms with Gasteiger partial charge in [-0.1, -0.05) is 48.5 Å². The Balaban J connectivity index is 1.76. The Kier molecular flexibility index (Phi) is 9.48. The van der Waals surface area contributed by atoms with Gasteiger partial charge in [0.15, 0.2) is 0 Å². The van der Waals surface area contributed by atoms with Crippen molar-refractivity contribution in [3.63, 3.8) is 0 Å². The summed E-state index contributed by atoms with van der Waals surface area (Å²) < 4.78 is 5.52. The third-order valence-electron chi connectivity index (χ3n) is 7.66. The number of amides is 3. The summed E-state index contributed by atoms with van der Waals surface area (Å²) in [6.07, 6.45) is 0.937. The number of benzene rings is 3. The second kappa shape index (κ2) is 12.9. The van der Waals surface area contributed by atoms with Crippen LogP contribution < -0.4 is 10.6 Å². The number of para-hydroxylation sites is 1. The molecule has 8 nitrogen and oxygen atoms in total. The first-order valence-corrected chi connectivity index (χ1v) is 14.8. The number of ether oxygens (including phenoxy) is 1. The molecule has 1 aliphatic rings. The van der Waals surface area contributed by atoms with Crippen LogP contribution in [0.4, 0.5) is 10.5 Å². The second-order valence-corrected chi connectivity index (χ2v) is 12.5. The number of hydrogen-bond donors (Lipinski definition) is 3. The number of hydrogen-bond acceptors (Lipinski definition) is 5. The Bertz CT molecular complexity index is 1470. The van der Waals surface area contributed by atoms with Crippen molar-refractivity contribution in [1.29, 1.82) is 0 Å². The van der Waals surface area contributed by atoms with Crippen molar-refractivity contribution >= 4 is 23.6 Å². The molecule has 4 rings (SSSR count). The summed E-state index contributed by atoms with van der Waals surface area (Å²) in [6.45, 7) is 13.1. The number of nitrogens with one attached hydrogen (secondary N) is 2. The van der Waals surface area contributed by atoms with Crippen LogP contribution in [-0.4, -0.2) is 45.6 Å². The summed E-state index contributed by atoms with van der Waals surface area (Å²) in [4.78, 5) is 43.5. The average Bonchev–Trinajstić information content (AvgIpc) is 3.76. The van der Waals surface area contributed by atoms with Gasteiger partial charge in [-0.15, -0.1) is 0 Å². The van der Waals surface area contributed by atoms with E-state index in [1.54, 1.807) is 49.9 Å². The van der Waals surface area contributed by atoms with Gasteiger partial charge in [0, 0.05) is 18.2 Å². The highest BCUT2D eigenvalue weighted by Gasteiger charge is 2.44. The van der Waals surface area contributed by atoms with Crippen LogP contribution in [0.15, 0.2) is 60.7 Å². The number of nitrogens with zero attached hydrogens (tertiary/aromatic N) is 1. The fourth-order valence-electron chi connectivity index (χ4n) is 5.14. The van der Waals surface area contributed by atoms with Crippen molar-refractivity contribution in [1.82, 2.24) is 10.2 Å². The van der Waals surface area contributed by atoms with Crippen LogP contribution in [0, 0.1) is 27.7 Å². The fourth-order valence-corrected chi connectivity index (χ4v) is 5.14. The Labute approximate surface area is 254 Å². The lowest BCUT2D eigenvalue weighted by atomic mass is 9.97. The minimum atomic E-state index is -1.01. The molecule has 3 amide bonds. The van der Waals surface area contributed by atoms with Crippen LogP contribution in [0.5, 0.6) is 5.75 Å². The van der Waals surface area contributed by atoms with E-state index < -0.39 is 23.8 Å². The molecule has 3 aromatic rings. The van der Waals surface area contributed by atoms with E-state index in [2.05, 4.69) is 10.6 Å². The maximum Gasteiger partial charge on any atom is 0.408 e. The molecule has 0 saturated heterocycles. The van der Waals surface area contributed by atoms with Crippen LogP contribution in [0.3, 0.4) is 0 Å². The zero-order valence-electron chi connectivity index (χ0n) is 26.2. The number of phenols is 1. The SMILES string of the molecule is Cc1ccc(C(C(=O)Nc2c(C)cccc2C)N(C(=O)C(Cc2ccc(O)cc2)NC(=O)OC(C)(C)C)C2CC2)cc1C. The van der Waals surface area contributed by atoms with Crippen molar-refractivity contribution < 1.29 is 24.2 Å². The zero-order chi connectivity index (χ0) is 31.5. The topological polar surface area (TPSA) is 108 Å². The smallest absolute Gasteiger partial charge is 0.408 e. The molecule has 0 spiro atoms. The summed E-state index contributed by atoms with van der Waals surface area (Å²) in [5.74, 6) is -0.591. The van der Waals surface area contributed by atoms with Crippen molar-refractivity contribution in [3.8, 4) is 5.75 Å². The predicted molar refractivity (Wildman–Crippen MR) is 168 cm³/mol. The molecule has 0 heterocycles. The van der Waals surface area contributed by atoms with Gasteiger partial charge in [-0.2, -0.15) is 0 Å². The van der Waals surface area contributed by atoms with Crippen LogP contribution in [0.25, 0.3) is 0 Å². The third kappa shape index (κ3) is 8.15. The molecular formula is C35H43N3O5. The maximum atomic E-state index is 14.6. The number of aryl methyl sites for hydroxylation is 4. The predicted octanol–water partition coefficient (Wildman–Crippen LogP) is 6.43. The fraction of sp³-hybridized carbons (Fsp3) is 0.400. The highest BCUT2D eigenvalue weighted by Crippen LogP contribution is 2.37. The number of carbonyl (C=O) groups is 3. The van der Waals surface area contributed by atoms with E-state index >= 15 is 0 Å². The van der Waals surface area contributed by atoms with E-state index in [9.17, 15) is 19.5 Å². The Morgan fingerprint density at radius 3 is 2.09 bits per heavy atom. The first-order chi connectivity index (χ1) is 20.2. The van der Waals surface area contributed by atoms with Gasteiger partial charge in [0.2, 0.25) is 5.91 Å². The number of rotatable bonds is 9. The highest BCUT2D eigenvalue weighted by atomic mass is 16.6. The van der Waals surface area contributed by atoms with E-state index in [0.29, 0.717) is 5.56 Å². The minimum Gasteiger partial charge on any atom is -0.508 e. The molecule has 1 aliphatic carbocycles. The lowest BCUT2D eigenvalue weighted by Crippen LogP contribution is -2.54. The molecule has 0 bridgehead atoms. The summed E-state index contributed by atoms with van der Waals surface area (Å²) >= 11 is 0. The first-order valence-electron chi connectivity index (χ1n) is 14.8. The number of anilines is 1. The number of alkyl carbamates (subject to hydrolysis) is 1.